The molecule has 1 unspecified atom stereocenters. The summed E-state index contributed by atoms with van der Waals surface area (Å²) >= 11 is 0. The topological polar surface area (TPSA) is 78.7 Å². The van der Waals surface area contributed by atoms with Gasteiger partial charge in [0.1, 0.15) is 6.04 Å². The Morgan fingerprint density at radius 3 is 2.14 bits per heavy atom. The van der Waals surface area contributed by atoms with Crippen LogP contribution in [0.4, 0.5) is 0 Å². The van der Waals surface area contributed by atoms with Crippen molar-refractivity contribution in [1.82, 2.24) is 15.1 Å². The quantitative estimate of drug-likeness (QED) is 0.561. The second kappa shape index (κ2) is 12.0. The molecule has 2 aromatic carbocycles. The molecule has 0 aromatic heterocycles. The average molecular weight is 491 g/mol. The summed E-state index contributed by atoms with van der Waals surface area (Å²) in [5.74, 6) is 0.884. The number of amides is 2. The molecule has 6 nitrogen and oxygen atoms in total. The minimum Gasteiger partial charge on any atom is -0.343 e. The number of nitrogens with zero attached hydrogens (tertiary/aromatic N) is 2. The highest BCUT2D eigenvalue weighted by atomic mass is 16.2. The molecule has 6 heteroatoms. The van der Waals surface area contributed by atoms with Crippen molar-refractivity contribution in [2.75, 3.05) is 26.2 Å². The van der Waals surface area contributed by atoms with E-state index in [1.165, 1.54) is 11.1 Å². The fraction of sp³-hybridized carbons (Fsp3) is 0.533. The van der Waals surface area contributed by atoms with Gasteiger partial charge in [0.15, 0.2) is 0 Å². The molecule has 2 amide bonds. The Kier molecular flexibility index (Phi) is 8.81. The van der Waals surface area contributed by atoms with Gasteiger partial charge < -0.3 is 20.9 Å². The van der Waals surface area contributed by atoms with Gasteiger partial charge in [0.05, 0.1) is 6.04 Å². The first kappa shape index (κ1) is 26.4. The van der Waals surface area contributed by atoms with Gasteiger partial charge in [-0.3, -0.25) is 9.59 Å². The molecule has 0 aliphatic carbocycles. The van der Waals surface area contributed by atoms with Crippen LogP contribution in [-0.4, -0.2) is 65.9 Å². The third-order valence-electron chi connectivity index (χ3n) is 7.72. The lowest BCUT2D eigenvalue weighted by Crippen LogP contribution is -2.54. The summed E-state index contributed by atoms with van der Waals surface area (Å²) in [5, 5.41) is 2.95. The van der Waals surface area contributed by atoms with E-state index < -0.39 is 12.1 Å². The number of rotatable bonds is 9. The van der Waals surface area contributed by atoms with E-state index in [0.717, 1.165) is 32.5 Å². The maximum Gasteiger partial charge on any atom is 0.245 e. The van der Waals surface area contributed by atoms with E-state index in [9.17, 15) is 9.59 Å². The van der Waals surface area contributed by atoms with E-state index in [4.69, 9.17) is 5.73 Å². The molecule has 194 valence electrons. The maximum absolute atomic E-state index is 13.9. The summed E-state index contributed by atoms with van der Waals surface area (Å²) < 4.78 is 0. The van der Waals surface area contributed by atoms with Crippen LogP contribution in [-0.2, 0) is 9.59 Å². The van der Waals surface area contributed by atoms with Crippen molar-refractivity contribution in [1.29, 1.82) is 0 Å². The second-order valence-electron chi connectivity index (χ2n) is 11.1. The van der Waals surface area contributed by atoms with E-state index in [2.05, 4.69) is 83.6 Å². The molecule has 2 aromatic rings. The van der Waals surface area contributed by atoms with Crippen LogP contribution in [0.5, 0.6) is 0 Å². The number of carbonyl (C=O) groups is 2. The van der Waals surface area contributed by atoms with Crippen LogP contribution in [0.3, 0.4) is 0 Å². The van der Waals surface area contributed by atoms with Crippen LogP contribution in [0, 0.1) is 5.92 Å². The molecular weight excluding hydrogens is 448 g/mol. The van der Waals surface area contributed by atoms with Crippen LogP contribution < -0.4 is 11.1 Å². The number of nitrogens with one attached hydrogen (secondary N) is 1. The van der Waals surface area contributed by atoms with Gasteiger partial charge in [0, 0.05) is 31.6 Å². The molecule has 2 fully saturated rings. The summed E-state index contributed by atoms with van der Waals surface area (Å²) in [4.78, 5) is 31.0. The summed E-state index contributed by atoms with van der Waals surface area (Å²) in [5.41, 5.74) is 8.50. The first-order chi connectivity index (χ1) is 17.3. The fourth-order valence-electron chi connectivity index (χ4n) is 5.82. The van der Waals surface area contributed by atoms with E-state index in [1.807, 2.05) is 6.07 Å². The Morgan fingerprint density at radius 1 is 0.944 bits per heavy atom. The van der Waals surface area contributed by atoms with E-state index >= 15 is 0 Å². The van der Waals surface area contributed by atoms with E-state index in [1.54, 1.807) is 6.92 Å². The molecule has 2 aliphatic heterocycles. The minimum atomic E-state index is -0.640. The summed E-state index contributed by atoms with van der Waals surface area (Å²) in [6.07, 6.45) is 2.70. The number of hydrogen-bond donors (Lipinski definition) is 2. The van der Waals surface area contributed by atoms with Gasteiger partial charge in [-0.15, -0.1) is 0 Å². The predicted octanol–water partition coefficient (Wildman–Crippen LogP) is 3.74. The van der Waals surface area contributed by atoms with Crippen LogP contribution >= 0.6 is 0 Å². The van der Waals surface area contributed by atoms with Gasteiger partial charge in [-0.05, 0) is 55.7 Å². The van der Waals surface area contributed by atoms with E-state index in [0.29, 0.717) is 24.8 Å². The summed E-state index contributed by atoms with van der Waals surface area (Å²) in [7, 11) is 0. The van der Waals surface area contributed by atoms with Crippen molar-refractivity contribution in [2.45, 2.75) is 70.0 Å². The lowest BCUT2D eigenvalue weighted by atomic mass is 9.96. The third-order valence-corrected chi connectivity index (χ3v) is 7.72. The van der Waals surface area contributed by atoms with Gasteiger partial charge in [-0.1, -0.05) is 74.5 Å². The zero-order chi connectivity index (χ0) is 25.7. The van der Waals surface area contributed by atoms with Crippen molar-refractivity contribution in [3.63, 3.8) is 0 Å². The number of likely N-dealkylation sites (tertiary alicyclic amines) is 2. The van der Waals surface area contributed by atoms with E-state index in [-0.39, 0.29) is 23.8 Å². The standard InChI is InChI=1S/C30H42N4O2/c1-21(2)16-28(32-29(35)22(3)31)30(36)34-19-26(24-12-8-5-9-13-24)17-27(34)20-33-15-14-25(18-33)23-10-6-4-7-11-23/h4-13,21-22,25-28H,14-20,31H2,1-3H3,(H,32,35)/t22?,25-,26+,27+,28+/m1/s1. The molecular formula is C30H42N4O2. The highest BCUT2D eigenvalue weighted by molar-refractivity contribution is 5.89. The molecule has 0 saturated carbocycles. The number of nitrogens with two attached hydrogens (primary N) is 1. The maximum atomic E-state index is 13.9. The van der Waals surface area contributed by atoms with Gasteiger partial charge >= 0.3 is 0 Å². The number of benzene rings is 2. The van der Waals surface area contributed by atoms with Gasteiger partial charge in [0.25, 0.3) is 0 Å². The van der Waals surface area contributed by atoms with Crippen molar-refractivity contribution in [3.8, 4) is 0 Å². The molecule has 2 heterocycles. The molecule has 2 saturated heterocycles. The Hall–Kier alpha value is -2.70. The lowest BCUT2D eigenvalue weighted by molar-refractivity contribution is -0.138. The van der Waals surface area contributed by atoms with Crippen molar-refractivity contribution in [3.05, 3.63) is 71.8 Å². The monoisotopic (exact) mass is 490 g/mol. The highest BCUT2D eigenvalue weighted by Crippen LogP contribution is 2.35. The Balaban J connectivity index is 1.51. The Morgan fingerprint density at radius 2 is 1.56 bits per heavy atom. The molecule has 4 rings (SSSR count). The number of hydrogen-bond acceptors (Lipinski definition) is 4. The first-order valence-electron chi connectivity index (χ1n) is 13.5. The molecule has 0 spiro atoms. The third kappa shape index (κ3) is 6.54. The molecule has 3 N–H and O–H groups in total. The molecule has 0 bridgehead atoms. The van der Waals surface area contributed by atoms with Crippen molar-refractivity contribution in [2.24, 2.45) is 11.7 Å². The Labute approximate surface area is 216 Å². The van der Waals surface area contributed by atoms with Gasteiger partial charge in [-0.25, -0.2) is 0 Å². The van der Waals surface area contributed by atoms with Gasteiger partial charge in [-0.2, -0.15) is 0 Å². The smallest absolute Gasteiger partial charge is 0.245 e. The van der Waals surface area contributed by atoms with Crippen molar-refractivity contribution < 1.29 is 9.59 Å². The van der Waals surface area contributed by atoms with Crippen molar-refractivity contribution >= 4 is 11.8 Å². The molecule has 36 heavy (non-hydrogen) atoms. The van der Waals surface area contributed by atoms with Crippen LogP contribution in [0.2, 0.25) is 0 Å². The lowest BCUT2D eigenvalue weighted by Gasteiger charge is -2.32. The molecule has 2 aliphatic rings. The number of carbonyl (C=O) groups excluding carboxylic acids is 2. The van der Waals surface area contributed by atoms with Gasteiger partial charge in [0.2, 0.25) is 11.8 Å². The SMILES string of the molecule is CC(C)C[C@H](NC(=O)C(C)N)C(=O)N1C[C@@H](c2ccccc2)C[C@H]1CN1CC[C@@H](c2ccccc2)C1. The van der Waals surface area contributed by atoms with Crippen LogP contribution in [0.1, 0.15) is 63.0 Å². The summed E-state index contributed by atoms with van der Waals surface area (Å²) in [6.45, 7) is 9.45. The molecule has 5 atom stereocenters. The molecule has 0 radical (unpaired) electrons. The second-order valence-corrected chi connectivity index (χ2v) is 11.1. The average Bonchev–Trinajstić information content (AvgIpc) is 3.51. The zero-order valence-corrected chi connectivity index (χ0v) is 22.0. The van der Waals surface area contributed by atoms with Crippen LogP contribution in [0.25, 0.3) is 0 Å². The normalized spacial score (nSPS) is 24.1. The van der Waals surface area contributed by atoms with Crippen LogP contribution in [0.15, 0.2) is 60.7 Å². The predicted molar refractivity (Wildman–Crippen MR) is 145 cm³/mol. The largest absolute Gasteiger partial charge is 0.343 e. The first-order valence-corrected chi connectivity index (χ1v) is 13.5. The zero-order valence-electron chi connectivity index (χ0n) is 22.0. The minimum absolute atomic E-state index is 0.0277. The highest BCUT2D eigenvalue weighted by Gasteiger charge is 2.40. The Bertz CT molecular complexity index is 995. The fourth-order valence-corrected chi connectivity index (χ4v) is 5.82. The summed E-state index contributed by atoms with van der Waals surface area (Å²) in [6, 6.07) is 20.2.